The monoisotopic (exact) mass is 250 g/mol. The lowest BCUT2D eigenvalue weighted by Gasteiger charge is -2.34. The number of hydrogen-bond acceptors (Lipinski definition) is 2. The highest BCUT2D eigenvalue weighted by Gasteiger charge is 2.42. The molecule has 3 rings (SSSR count). The minimum absolute atomic E-state index is 0.416. The molecule has 92 valence electrons. The molecule has 17 heavy (non-hydrogen) atoms. The second kappa shape index (κ2) is 4.60. The molecule has 2 aliphatic rings. The molecule has 0 aromatic heterocycles. The number of halogens is 1. The normalized spacial score (nSPS) is 29.2. The molecule has 3 heteroatoms. The lowest BCUT2D eigenvalue weighted by molar-refractivity contribution is 0.148. The van der Waals surface area contributed by atoms with Crippen molar-refractivity contribution in [2.45, 2.75) is 31.3 Å². The summed E-state index contributed by atoms with van der Waals surface area (Å²) in [6.07, 6.45) is 3.95. The molecule has 2 aliphatic heterocycles. The van der Waals surface area contributed by atoms with Gasteiger partial charge in [0.2, 0.25) is 0 Å². The van der Waals surface area contributed by atoms with Crippen molar-refractivity contribution in [3.63, 3.8) is 0 Å². The molecule has 1 spiro atoms. The third-order valence-corrected chi connectivity index (χ3v) is 4.65. The first-order valence-corrected chi connectivity index (χ1v) is 6.87. The first-order chi connectivity index (χ1) is 8.30. The van der Waals surface area contributed by atoms with Crippen molar-refractivity contribution in [3.05, 3.63) is 34.9 Å². The summed E-state index contributed by atoms with van der Waals surface area (Å²) >= 11 is 6.26. The fraction of sp³-hybridized carbons (Fsp3) is 0.571. The summed E-state index contributed by atoms with van der Waals surface area (Å²) in [5.41, 5.74) is 1.68. The van der Waals surface area contributed by atoms with Gasteiger partial charge in [0.25, 0.3) is 0 Å². The molecule has 2 nitrogen and oxygen atoms in total. The van der Waals surface area contributed by atoms with Crippen LogP contribution < -0.4 is 5.32 Å². The van der Waals surface area contributed by atoms with Crippen molar-refractivity contribution in [1.29, 1.82) is 0 Å². The second-order valence-corrected chi connectivity index (χ2v) is 5.67. The number of rotatable bonds is 2. The molecule has 2 heterocycles. The average molecular weight is 251 g/mol. The highest BCUT2D eigenvalue weighted by molar-refractivity contribution is 6.31. The van der Waals surface area contributed by atoms with E-state index in [0.29, 0.717) is 5.54 Å². The molecule has 0 unspecified atom stereocenters. The Morgan fingerprint density at radius 2 is 2.18 bits per heavy atom. The summed E-state index contributed by atoms with van der Waals surface area (Å²) in [7, 11) is 0. The molecular formula is C14H19ClN2. The van der Waals surface area contributed by atoms with E-state index in [1.54, 1.807) is 0 Å². The second-order valence-electron chi connectivity index (χ2n) is 5.27. The van der Waals surface area contributed by atoms with E-state index in [1.807, 2.05) is 12.1 Å². The van der Waals surface area contributed by atoms with Crippen LogP contribution in [-0.4, -0.2) is 30.1 Å². The molecule has 0 bridgehead atoms. The number of benzene rings is 1. The molecule has 1 atom stereocenters. The van der Waals surface area contributed by atoms with Crippen molar-refractivity contribution in [1.82, 2.24) is 10.2 Å². The van der Waals surface area contributed by atoms with Gasteiger partial charge >= 0.3 is 0 Å². The fourth-order valence-corrected chi connectivity index (χ4v) is 3.48. The Kier molecular flexibility index (Phi) is 3.12. The van der Waals surface area contributed by atoms with Crippen LogP contribution in [0.5, 0.6) is 0 Å². The minimum Gasteiger partial charge on any atom is -0.315 e. The van der Waals surface area contributed by atoms with Crippen LogP contribution in [0.25, 0.3) is 0 Å². The highest BCUT2D eigenvalue weighted by Crippen LogP contribution is 2.36. The maximum absolute atomic E-state index is 6.26. The van der Waals surface area contributed by atoms with Crippen LogP contribution in [0.4, 0.5) is 0 Å². The van der Waals surface area contributed by atoms with E-state index >= 15 is 0 Å². The Morgan fingerprint density at radius 1 is 1.29 bits per heavy atom. The number of likely N-dealkylation sites (tertiary alicyclic amines) is 1. The van der Waals surface area contributed by atoms with Crippen molar-refractivity contribution in [2.24, 2.45) is 0 Å². The van der Waals surface area contributed by atoms with Crippen molar-refractivity contribution >= 4 is 11.6 Å². The largest absolute Gasteiger partial charge is 0.315 e. The molecule has 2 fully saturated rings. The summed E-state index contributed by atoms with van der Waals surface area (Å²) in [6, 6.07) is 8.23. The topological polar surface area (TPSA) is 15.3 Å². The van der Waals surface area contributed by atoms with Crippen LogP contribution in [0.3, 0.4) is 0 Å². The number of hydrogen-bond donors (Lipinski definition) is 1. The SMILES string of the molecule is Clc1ccccc1CN1CCC[C@@]12CCNC2. The fourth-order valence-electron chi connectivity index (χ4n) is 3.29. The van der Waals surface area contributed by atoms with Crippen molar-refractivity contribution < 1.29 is 0 Å². The van der Waals surface area contributed by atoms with Gasteiger partial charge in [-0.25, -0.2) is 0 Å². The van der Waals surface area contributed by atoms with Gasteiger partial charge in [0.15, 0.2) is 0 Å². The zero-order valence-corrected chi connectivity index (χ0v) is 10.8. The predicted molar refractivity (Wildman–Crippen MR) is 71.3 cm³/mol. The van der Waals surface area contributed by atoms with Crippen LogP contribution in [0.1, 0.15) is 24.8 Å². The first-order valence-electron chi connectivity index (χ1n) is 6.49. The molecule has 1 aromatic rings. The van der Waals surface area contributed by atoms with E-state index in [-0.39, 0.29) is 0 Å². The van der Waals surface area contributed by atoms with Gasteiger partial charge in [0.1, 0.15) is 0 Å². The van der Waals surface area contributed by atoms with Crippen LogP contribution in [0.2, 0.25) is 5.02 Å². The van der Waals surface area contributed by atoms with Crippen LogP contribution in [-0.2, 0) is 6.54 Å². The number of nitrogens with one attached hydrogen (secondary N) is 1. The van der Waals surface area contributed by atoms with E-state index in [1.165, 1.54) is 37.9 Å². The van der Waals surface area contributed by atoms with Crippen LogP contribution >= 0.6 is 11.6 Å². The van der Waals surface area contributed by atoms with E-state index in [2.05, 4.69) is 22.3 Å². The zero-order chi connectivity index (χ0) is 11.7. The van der Waals surface area contributed by atoms with Gasteiger partial charge in [-0.15, -0.1) is 0 Å². The Balaban J connectivity index is 1.79. The molecular weight excluding hydrogens is 232 g/mol. The molecule has 2 saturated heterocycles. The Bertz CT molecular complexity index is 393. The summed E-state index contributed by atoms with van der Waals surface area (Å²) in [4.78, 5) is 2.63. The van der Waals surface area contributed by atoms with Gasteiger partial charge in [0, 0.05) is 23.7 Å². The molecule has 0 radical (unpaired) electrons. The Labute approximate surface area is 108 Å². The highest BCUT2D eigenvalue weighted by atomic mass is 35.5. The summed E-state index contributed by atoms with van der Waals surface area (Å²) < 4.78 is 0. The van der Waals surface area contributed by atoms with Gasteiger partial charge in [-0.2, -0.15) is 0 Å². The molecule has 1 N–H and O–H groups in total. The maximum atomic E-state index is 6.26. The lowest BCUT2D eigenvalue weighted by Crippen LogP contribution is -2.45. The lowest BCUT2D eigenvalue weighted by atomic mass is 9.95. The van der Waals surface area contributed by atoms with E-state index in [9.17, 15) is 0 Å². The molecule has 0 saturated carbocycles. The maximum Gasteiger partial charge on any atom is 0.0451 e. The quantitative estimate of drug-likeness (QED) is 0.868. The van der Waals surface area contributed by atoms with E-state index in [0.717, 1.165) is 18.1 Å². The van der Waals surface area contributed by atoms with Gasteiger partial charge in [-0.3, -0.25) is 4.90 Å². The average Bonchev–Trinajstić information content (AvgIpc) is 2.95. The van der Waals surface area contributed by atoms with Gasteiger partial charge in [-0.1, -0.05) is 29.8 Å². The van der Waals surface area contributed by atoms with Gasteiger partial charge in [-0.05, 0) is 44.0 Å². The van der Waals surface area contributed by atoms with Crippen molar-refractivity contribution in [3.8, 4) is 0 Å². The smallest absolute Gasteiger partial charge is 0.0451 e. The molecule has 1 aromatic carbocycles. The van der Waals surface area contributed by atoms with E-state index < -0.39 is 0 Å². The zero-order valence-electron chi connectivity index (χ0n) is 10.1. The minimum atomic E-state index is 0.416. The first kappa shape index (κ1) is 11.5. The van der Waals surface area contributed by atoms with Crippen LogP contribution in [0.15, 0.2) is 24.3 Å². The van der Waals surface area contributed by atoms with Crippen LogP contribution in [0, 0.1) is 0 Å². The third kappa shape index (κ3) is 2.10. The predicted octanol–water partition coefficient (Wildman–Crippen LogP) is 2.67. The summed E-state index contributed by atoms with van der Waals surface area (Å²) in [6.45, 7) is 4.53. The standard InChI is InChI=1S/C14H19ClN2/c15-13-5-2-1-4-12(13)10-17-9-3-6-14(17)7-8-16-11-14/h1-2,4-5,16H,3,6-11H2/t14-/m0/s1. The van der Waals surface area contributed by atoms with Gasteiger partial charge in [0.05, 0.1) is 0 Å². The molecule has 0 amide bonds. The van der Waals surface area contributed by atoms with Gasteiger partial charge < -0.3 is 5.32 Å². The number of nitrogens with zero attached hydrogens (tertiary/aromatic N) is 1. The molecule has 0 aliphatic carbocycles. The van der Waals surface area contributed by atoms with Crippen molar-refractivity contribution in [2.75, 3.05) is 19.6 Å². The third-order valence-electron chi connectivity index (χ3n) is 4.28. The summed E-state index contributed by atoms with van der Waals surface area (Å²) in [5.74, 6) is 0. The Morgan fingerprint density at radius 3 is 2.94 bits per heavy atom. The summed E-state index contributed by atoms with van der Waals surface area (Å²) in [5, 5.41) is 4.41. The Hall–Kier alpha value is -0.570. The van der Waals surface area contributed by atoms with E-state index in [4.69, 9.17) is 11.6 Å².